The van der Waals surface area contributed by atoms with Gasteiger partial charge in [-0.25, -0.2) is 18.6 Å². The number of nitrogens with zero attached hydrogens (tertiary/aromatic N) is 2. The molecule has 0 saturated carbocycles. The molecule has 0 unspecified atom stereocenters. The van der Waals surface area contributed by atoms with E-state index in [9.17, 15) is 18.7 Å². The zero-order valence-corrected chi connectivity index (χ0v) is 13.9. The third-order valence-corrected chi connectivity index (χ3v) is 3.70. The lowest BCUT2D eigenvalue weighted by Crippen LogP contribution is -2.39. The van der Waals surface area contributed by atoms with Gasteiger partial charge in [-0.3, -0.25) is 5.32 Å². The number of urea groups is 1. The Bertz CT molecular complexity index is 689. The molecule has 0 aliphatic carbocycles. The smallest absolute Gasteiger partial charge is 0.323 e. The van der Waals surface area contributed by atoms with Gasteiger partial charge < -0.3 is 14.7 Å². The van der Waals surface area contributed by atoms with Gasteiger partial charge in [0.05, 0.1) is 12.3 Å². The molecule has 0 aliphatic rings. The highest BCUT2D eigenvalue weighted by Crippen LogP contribution is 2.31. The number of carbonyl (C=O) groups excluding carboxylic acids is 1. The number of likely N-dealkylation sites (N-methyl/N-ethyl adjacent to an activating group) is 1. The summed E-state index contributed by atoms with van der Waals surface area (Å²) >= 11 is 1.02. The lowest BCUT2D eigenvalue weighted by molar-refractivity contribution is 0.141. The lowest BCUT2D eigenvalue weighted by atomic mass is 10.3. The zero-order valence-electron chi connectivity index (χ0n) is 13.1. The van der Waals surface area contributed by atoms with E-state index in [0.717, 1.165) is 29.5 Å². The number of aliphatic hydroxyl groups is 1. The van der Waals surface area contributed by atoms with E-state index in [0.29, 0.717) is 6.54 Å². The van der Waals surface area contributed by atoms with Crippen LogP contribution in [-0.2, 0) is 0 Å². The first-order valence-electron chi connectivity index (χ1n) is 7.21. The molecule has 9 heteroatoms. The fraction of sp³-hybridized carbons (Fsp3) is 0.333. The summed E-state index contributed by atoms with van der Waals surface area (Å²) in [5, 5.41) is 12.5. The lowest BCUT2D eigenvalue weighted by Gasteiger charge is -2.21. The van der Waals surface area contributed by atoms with Crippen LogP contribution >= 0.6 is 11.3 Å². The van der Waals surface area contributed by atoms with E-state index in [4.69, 9.17) is 4.74 Å². The van der Waals surface area contributed by atoms with Gasteiger partial charge in [-0.15, -0.1) is 0 Å². The van der Waals surface area contributed by atoms with Crippen LogP contribution in [0.15, 0.2) is 24.4 Å². The molecule has 2 rings (SSSR count). The number of rotatable bonds is 6. The molecule has 0 fully saturated rings. The van der Waals surface area contributed by atoms with Gasteiger partial charge >= 0.3 is 6.03 Å². The Hall–Kier alpha value is -2.26. The van der Waals surface area contributed by atoms with E-state index >= 15 is 0 Å². The number of benzene rings is 1. The van der Waals surface area contributed by atoms with Gasteiger partial charge in [-0.2, -0.15) is 0 Å². The molecule has 2 amide bonds. The molecule has 2 aromatic rings. The summed E-state index contributed by atoms with van der Waals surface area (Å²) < 4.78 is 31.6. The van der Waals surface area contributed by atoms with Crippen LogP contribution in [-0.4, -0.2) is 40.2 Å². The van der Waals surface area contributed by atoms with Crippen LogP contribution in [0, 0.1) is 11.6 Å². The van der Waals surface area contributed by atoms with Crippen LogP contribution in [0.2, 0.25) is 0 Å². The molecule has 0 saturated heterocycles. The molecule has 6 nitrogen and oxygen atoms in total. The van der Waals surface area contributed by atoms with Gasteiger partial charge in [0.25, 0.3) is 0 Å². The Balaban J connectivity index is 2.01. The predicted molar refractivity (Wildman–Crippen MR) is 86.5 cm³/mol. The first-order valence-corrected chi connectivity index (χ1v) is 8.02. The largest absolute Gasteiger partial charge is 0.445 e. The van der Waals surface area contributed by atoms with Crippen LogP contribution in [0.25, 0.3) is 0 Å². The maximum atomic E-state index is 13.1. The number of thiazole rings is 1. The Morgan fingerprint density at radius 1 is 1.42 bits per heavy atom. The summed E-state index contributed by atoms with van der Waals surface area (Å²) in [6, 6.07) is 2.42. The summed E-state index contributed by atoms with van der Waals surface area (Å²) in [4.78, 5) is 17.5. The number of aliphatic hydroxyl groups excluding tert-OH is 1. The van der Waals surface area contributed by atoms with Crippen molar-refractivity contribution in [2.24, 2.45) is 0 Å². The van der Waals surface area contributed by atoms with Gasteiger partial charge in [0.2, 0.25) is 5.06 Å². The maximum absolute atomic E-state index is 13.1. The van der Waals surface area contributed by atoms with E-state index in [2.05, 4.69) is 10.3 Å². The van der Waals surface area contributed by atoms with Crippen LogP contribution in [0.5, 0.6) is 10.8 Å². The number of aromatic nitrogens is 1. The third kappa shape index (κ3) is 5.14. The van der Waals surface area contributed by atoms with Crippen molar-refractivity contribution >= 4 is 22.5 Å². The highest BCUT2D eigenvalue weighted by atomic mass is 32.1. The zero-order chi connectivity index (χ0) is 17.7. The number of hydrogen-bond donors (Lipinski definition) is 2. The molecule has 1 atom stereocenters. The van der Waals surface area contributed by atoms with Gasteiger partial charge in [0.15, 0.2) is 5.13 Å². The molecule has 24 heavy (non-hydrogen) atoms. The summed E-state index contributed by atoms with van der Waals surface area (Å²) in [6.07, 6.45) is 0.697. The van der Waals surface area contributed by atoms with Crippen molar-refractivity contribution in [1.82, 2.24) is 9.88 Å². The van der Waals surface area contributed by atoms with E-state index < -0.39 is 23.8 Å². The second-order valence-electron chi connectivity index (χ2n) is 5.01. The van der Waals surface area contributed by atoms with Crippen molar-refractivity contribution < 1.29 is 23.4 Å². The molecule has 2 N–H and O–H groups in total. The second-order valence-corrected chi connectivity index (χ2v) is 6.00. The van der Waals surface area contributed by atoms with Gasteiger partial charge in [0.1, 0.15) is 17.4 Å². The van der Waals surface area contributed by atoms with E-state index in [1.54, 1.807) is 13.8 Å². The molecule has 0 aliphatic heterocycles. The third-order valence-electron chi connectivity index (χ3n) is 2.91. The van der Waals surface area contributed by atoms with Crippen molar-refractivity contribution in [2.45, 2.75) is 20.0 Å². The molecule has 1 aromatic carbocycles. The first-order chi connectivity index (χ1) is 11.4. The number of carbonyl (C=O) groups is 1. The van der Waals surface area contributed by atoms with Crippen molar-refractivity contribution in [3.8, 4) is 10.8 Å². The fourth-order valence-electron chi connectivity index (χ4n) is 1.91. The normalized spacial score (nSPS) is 11.9. The minimum Gasteiger partial charge on any atom is -0.445 e. The molecular formula is C15H17F2N3O3S. The van der Waals surface area contributed by atoms with Gasteiger partial charge in [0, 0.05) is 31.3 Å². The second kappa shape index (κ2) is 8.02. The SMILES string of the molecule is CCN(C[C@H](C)O)C(=O)Nc1ncc(Oc2cc(F)cc(F)c2)s1. The number of ether oxygens (including phenoxy) is 1. The average Bonchev–Trinajstić information content (AvgIpc) is 2.90. The van der Waals surface area contributed by atoms with Crippen molar-refractivity contribution in [3.63, 3.8) is 0 Å². The molecule has 0 bridgehead atoms. The van der Waals surface area contributed by atoms with E-state index in [1.165, 1.54) is 11.1 Å². The Morgan fingerprint density at radius 2 is 2.08 bits per heavy atom. The Labute approximate surface area is 141 Å². The quantitative estimate of drug-likeness (QED) is 0.830. The highest BCUT2D eigenvalue weighted by molar-refractivity contribution is 7.17. The standard InChI is InChI=1S/C15H17F2N3O3S/c1-3-20(8-9(2)21)15(22)19-14-18-7-13(24-14)23-12-5-10(16)4-11(17)6-12/h4-7,9,21H,3,8H2,1-2H3,(H,18,19,22)/t9-/m0/s1. The number of nitrogens with one attached hydrogen (secondary N) is 1. The minimum absolute atomic E-state index is 0.00156. The number of halogens is 2. The predicted octanol–water partition coefficient (Wildman–Crippen LogP) is 3.45. The number of anilines is 1. The summed E-state index contributed by atoms with van der Waals surface area (Å²) in [7, 11) is 0. The molecule has 0 spiro atoms. The molecule has 130 valence electrons. The van der Waals surface area contributed by atoms with Crippen LogP contribution in [0.3, 0.4) is 0 Å². The molecular weight excluding hydrogens is 340 g/mol. The van der Waals surface area contributed by atoms with Crippen molar-refractivity contribution in [3.05, 3.63) is 36.0 Å². The first kappa shape index (κ1) is 18.1. The summed E-state index contributed by atoms with van der Waals surface area (Å²) in [5.41, 5.74) is 0. The maximum Gasteiger partial charge on any atom is 0.323 e. The van der Waals surface area contributed by atoms with Gasteiger partial charge in [-0.1, -0.05) is 11.3 Å². The van der Waals surface area contributed by atoms with Crippen LogP contribution < -0.4 is 10.1 Å². The summed E-state index contributed by atoms with van der Waals surface area (Å²) in [5.74, 6) is -1.50. The highest BCUT2D eigenvalue weighted by Gasteiger charge is 2.16. The molecule has 1 aromatic heterocycles. The monoisotopic (exact) mass is 357 g/mol. The van der Waals surface area contributed by atoms with E-state index in [1.807, 2.05) is 0 Å². The fourth-order valence-corrected chi connectivity index (χ4v) is 2.59. The topological polar surface area (TPSA) is 74.7 Å². The van der Waals surface area contributed by atoms with Crippen LogP contribution in [0.4, 0.5) is 18.7 Å². The Morgan fingerprint density at radius 3 is 2.67 bits per heavy atom. The van der Waals surface area contributed by atoms with Crippen LogP contribution in [0.1, 0.15) is 13.8 Å². The average molecular weight is 357 g/mol. The number of amides is 2. The minimum atomic E-state index is -0.750. The van der Waals surface area contributed by atoms with Gasteiger partial charge in [-0.05, 0) is 13.8 Å². The Kier molecular flexibility index (Phi) is 6.04. The molecule has 0 radical (unpaired) electrons. The van der Waals surface area contributed by atoms with Crippen molar-refractivity contribution in [2.75, 3.05) is 18.4 Å². The number of hydrogen-bond acceptors (Lipinski definition) is 5. The summed E-state index contributed by atoms with van der Waals surface area (Å²) in [6.45, 7) is 3.99. The van der Waals surface area contributed by atoms with Crippen molar-refractivity contribution in [1.29, 1.82) is 0 Å². The van der Waals surface area contributed by atoms with E-state index in [-0.39, 0.29) is 22.5 Å². The molecule has 1 heterocycles.